The van der Waals surface area contributed by atoms with Crippen LogP contribution >= 0.6 is 0 Å². The third-order valence-corrected chi connectivity index (χ3v) is 4.49. The SMILES string of the molecule is CCc1ccc(NC(=O)C(=O)N/N=C\c2cccc(OCC(=O)Nc3ccccc3)c2)cc1. The second kappa shape index (κ2) is 11.8. The molecule has 8 heteroatoms. The number of hydrogen-bond acceptors (Lipinski definition) is 5. The van der Waals surface area contributed by atoms with E-state index >= 15 is 0 Å². The van der Waals surface area contributed by atoms with Crippen LogP contribution in [0.5, 0.6) is 5.75 Å². The molecule has 0 heterocycles. The van der Waals surface area contributed by atoms with Gasteiger partial charge in [0.15, 0.2) is 6.61 Å². The van der Waals surface area contributed by atoms with Gasteiger partial charge in [-0.2, -0.15) is 5.10 Å². The lowest BCUT2D eigenvalue weighted by Gasteiger charge is -2.08. The quantitative estimate of drug-likeness (QED) is 0.281. The summed E-state index contributed by atoms with van der Waals surface area (Å²) in [5.74, 6) is -1.54. The zero-order valence-corrected chi connectivity index (χ0v) is 18.1. The van der Waals surface area contributed by atoms with Gasteiger partial charge in [0.25, 0.3) is 5.91 Å². The molecule has 0 atom stereocenters. The predicted molar refractivity (Wildman–Crippen MR) is 127 cm³/mol. The predicted octanol–water partition coefficient (Wildman–Crippen LogP) is 3.36. The summed E-state index contributed by atoms with van der Waals surface area (Å²) >= 11 is 0. The number of aryl methyl sites for hydroxylation is 1. The molecular weight excluding hydrogens is 420 g/mol. The number of ether oxygens (including phenoxy) is 1. The second-order valence-corrected chi connectivity index (χ2v) is 6.98. The number of rotatable bonds is 8. The van der Waals surface area contributed by atoms with Crippen molar-refractivity contribution in [1.29, 1.82) is 0 Å². The van der Waals surface area contributed by atoms with Crippen molar-refractivity contribution in [3.05, 3.63) is 90.0 Å². The van der Waals surface area contributed by atoms with E-state index < -0.39 is 11.8 Å². The van der Waals surface area contributed by atoms with Gasteiger partial charge in [-0.25, -0.2) is 5.43 Å². The van der Waals surface area contributed by atoms with Crippen molar-refractivity contribution in [3.63, 3.8) is 0 Å². The maximum absolute atomic E-state index is 12.0. The number of hydrogen-bond donors (Lipinski definition) is 3. The van der Waals surface area contributed by atoms with Gasteiger partial charge in [-0.1, -0.05) is 49.4 Å². The number of anilines is 2. The summed E-state index contributed by atoms with van der Waals surface area (Å²) < 4.78 is 5.50. The number of benzene rings is 3. The number of amides is 3. The van der Waals surface area contributed by atoms with E-state index in [-0.39, 0.29) is 12.5 Å². The van der Waals surface area contributed by atoms with Gasteiger partial charge in [0.05, 0.1) is 6.21 Å². The highest BCUT2D eigenvalue weighted by molar-refractivity contribution is 6.39. The molecule has 0 saturated heterocycles. The lowest BCUT2D eigenvalue weighted by atomic mass is 10.1. The van der Waals surface area contributed by atoms with Gasteiger partial charge in [-0.15, -0.1) is 0 Å². The second-order valence-electron chi connectivity index (χ2n) is 6.98. The Morgan fingerprint density at radius 3 is 2.30 bits per heavy atom. The number of carbonyl (C=O) groups excluding carboxylic acids is 3. The zero-order valence-electron chi connectivity index (χ0n) is 18.1. The summed E-state index contributed by atoms with van der Waals surface area (Å²) in [4.78, 5) is 35.9. The largest absolute Gasteiger partial charge is 0.484 e. The summed E-state index contributed by atoms with van der Waals surface area (Å²) in [5.41, 5.74) is 5.14. The molecular formula is C25H24N4O4. The van der Waals surface area contributed by atoms with Crippen LogP contribution in [0, 0.1) is 0 Å². The van der Waals surface area contributed by atoms with E-state index in [1.807, 2.05) is 37.3 Å². The molecule has 3 aromatic carbocycles. The molecule has 0 unspecified atom stereocenters. The van der Waals surface area contributed by atoms with Crippen molar-refractivity contribution in [3.8, 4) is 5.75 Å². The Balaban J connectivity index is 1.46. The highest BCUT2D eigenvalue weighted by atomic mass is 16.5. The van der Waals surface area contributed by atoms with E-state index in [0.29, 0.717) is 22.7 Å². The summed E-state index contributed by atoms with van der Waals surface area (Å²) in [6.45, 7) is 1.87. The van der Waals surface area contributed by atoms with Crippen LogP contribution in [0.3, 0.4) is 0 Å². The molecule has 168 valence electrons. The van der Waals surface area contributed by atoms with Crippen molar-refractivity contribution in [2.75, 3.05) is 17.2 Å². The molecule has 0 fully saturated rings. The van der Waals surface area contributed by atoms with Crippen LogP contribution in [0.25, 0.3) is 0 Å². The van der Waals surface area contributed by atoms with Crippen LogP contribution in [0.1, 0.15) is 18.1 Å². The van der Waals surface area contributed by atoms with Gasteiger partial charge in [0, 0.05) is 11.4 Å². The average Bonchev–Trinajstić information content (AvgIpc) is 2.84. The first-order valence-electron chi connectivity index (χ1n) is 10.3. The minimum absolute atomic E-state index is 0.161. The monoisotopic (exact) mass is 444 g/mol. The summed E-state index contributed by atoms with van der Waals surface area (Å²) in [7, 11) is 0. The fraction of sp³-hybridized carbons (Fsp3) is 0.120. The molecule has 0 spiro atoms. The van der Waals surface area contributed by atoms with Crippen molar-refractivity contribution in [2.24, 2.45) is 5.10 Å². The molecule has 33 heavy (non-hydrogen) atoms. The molecule has 0 aliphatic heterocycles. The highest BCUT2D eigenvalue weighted by Gasteiger charge is 2.12. The zero-order chi connectivity index (χ0) is 23.5. The van der Waals surface area contributed by atoms with E-state index in [2.05, 4.69) is 21.2 Å². The summed E-state index contributed by atoms with van der Waals surface area (Å²) in [6, 6.07) is 23.1. The van der Waals surface area contributed by atoms with Gasteiger partial charge in [-0.3, -0.25) is 14.4 Å². The topological polar surface area (TPSA) is 109 Å². The standard InChI is InChI=1S/C25H24N4O4/c1-2-18-11-13-21(14-12-18)28-24(31)25(32)29-26-16-19-7-6-10-22(15-19)33-17-23(30)27-20-8-4-3-5-9-20/h3-16H,2,17H2,1H3,(H,27,30)(H,28,31)(H,29,32)/b26-16-. The molecule has 0 bridgehead atoms. The van der Waals surface area contributed by atoms with Gasteiger partial charge < -0.3 is 15.4 Å². The van der Waals surface area contributed by atoms with Crippen molar-refractivity contribution in [2.45, 2.75) is 13.3 Å². The van der Waals surface area contributed by atoms with Crippen LogP contribution in [0.4, 0.5) is 11.4 Å². The van der Waals surface area contributed by atoms with E-state index in [4.69, 9.17) is 4.74 Å². The van der Waals surface area contributed by atoms with Crippen LogP contribution in [-0.2, 0) is 20.8 Å². The third kappa shape index (κ3) is 7.62. The van der Waals surface area contributed by atoms with E-state index in [0.717, 1.165) is 12.0 Å². The minimum atomic E-state index is -0.893. The minimum Gasteiger partial charge on any atom is -0.484 e. The number of nitrogens with zero attached hydrogens (tertiary/aromatic N) is 1. The normalized spacial score (nSPS) is 10.5. The Kier molecular flexibility index (Phi) is 8.30. The van der Waals surface area contributed by atoms with Crippen LogP contribution in [0.15, 0.2) is 84.0 Å². The molecule has 8 nitrogen and oxygen atoms in total. The van der Waals surface area contributed by atoms with Crippen molar-refractivity contribution >= 4 is 35.3 Å². The number of hydrazone groups is 1. The lowest BCUT2D eigenvalue weighted by molar-refractivity contribution is -0.136. The number of para-hydroxylation sites is 1. The molecule has 0 radical (unpaired) electrons. The molecule has 0 aromatic heterocycles. The Morgan fingerprint density at radius 2 is 1.58 bits per heavy atom. The number of nitrogens with one attached hydrogen (secondary N) is 3. The molecule has 3 rings (SSSR count). The summed E-state index contributed by atoms with van der Waals surface area (Å²) in [6.07, 6.45) is 2.26. The smallest absolute Gasteiger partial charge is 0.329 e. The van der Waals surface area contributed by atoms with E-state index in [1.165, 1.54) is 6.21 Å². The molecule has 0 aliphatic rings. The fourth-order valence-corrected chi connectivity index (χ4v) is 2.78. The molecule has 0 saturated carbocycles. The molecule has 3 N–H and O–H groups in total. The Hall–Kier alpha value is -4.46. The third-order valence-electron chi connectivity index (χ3n) is 4.49. The maximum atomic E-state index is 12.0. The highest BCUT2D eigenvalue weighted by Crippen LogP contribution is 2.13. The first kappa shape index (κ1) is 23.2. The van der Waals surface area contributed by atoms with Gasteiger partial charge in [-0.05, 0) is 53.9 Å². The van der Waals surface area contributed by atoms with Gasteiger partial charge >= 0.3 is 11.8 Å². The van der Waals surface area contributed by atoms with Crippen LogP contribution < -0.4 is 20.8 Å². The first-order chi connectivity index (χ1) is 16.0. The Bertz CT molecular complexity index is 1130. The first-order valence-corrected chi connectivity index (χ1v) is 10.3. The van der Waals surface area contributed by atoms with Crippen LogP contribution in [-0.4, -0.2) is 30.5 Å². The average molecular weight is 444 g/mol. The molecule has 3 aromatic rings. The van der Waals surface area contributed by atoms with Crippen LogP contribution in [0.2, 0.25) is 0 Å². The Morgan fingerprint density at radius 1 is 0.848 bits per heavy atom. The van der Waals surface area contributed by atoms with Gasteiger partial charge in [0.1, 0.15) is 5.75 Å². The summed E-state index contributed by atoms with van der Waals surface area (Å²) in [5, 5.41) is 9.05. The fourth-order valence-electron chi connectivity index (χ4n) is 2.78. The van der Waals surface area contributed by atoms with Crippen molar-refractivity contribution in [1.82, 2.24) is 5.43 Å². The Labute approximate surface area is 191 Å². The molecule has 0 aliphatic carbocycles. The number of carbonyl (C=O) groups is 3. The maximum Gasteiger partial charge on any atom is 0.329 e. The van der Waals surface area contributed by atoms with Gasteiger partial charge in [0.2, 0.25) is 0 Å². The van der Waals surface area contributed by atoms with Crippen molar-refractivity contribution < 1.29 is 19.1 Å². The lowest BCUT2D eigenvalue weighted by Crippen LogP contribution is -2.32. The van der Waals surface area contributed by atoms with E-state index in [1.54, 1.807) is 48.5 Å². The van der Waals surface area contributed by atoms with E-state index in [9.17, 15) is 14.4 Å². The molecule has 3 amide bonds.